The summed E-state index contributed by atoms with van der Waals surface area (Å²) in [5.74, 6) is 1.37. The molecule has 0 radical (unpaired) electrons. The highest BCUT2D eigenvalue weighted by Crippen LogP contribution is 2.36. The van der Waals surface area contributed by atoms with Crippen LogP contribution in [0.1, 0.15) is 34.7 Å². The summed E-state index contributed by atoms with van der Waals surface area (Å²) in [6, 6.07) is 6.09. The highest BCUT2D eigenvalue weighted by atomic mass is 127. The van der Waals surface area contributed by atoms with Crippen LogP contribution >= 0.6 is 22.6 Å². The van der Waals surface area contributed by atoms with Crippen LogP contribution in [-0.2, 0) is 0 Å². The molecule has 1 atom stereocenters. The first-order chi connectivity index (χ1) is 8.78. The number of aldehydes is 1. The van der Waals surface area contributed by atoms with E-state index in [-0.39, 0.29) is 0 Å². The van der Waals surface area contributed by atoms with Gasteiger partial charge in [-0.05, 0) is 53.0 Å². The largest absolute Gasteiger partial charge is 0.298 e. The Morgan fingerprint density at radius 3 is 2.78 bits per heavy atom. The molecular weight excluding hydrogens is 339 g/mol. The van der Waals surface area contributed by atoms with E-state index in [1.165, 1.54) is 35.1 Å². The summed E-state index contributed by atoms with van der Waals surface area (Å²) >= 11 is 2.36. The molecule has 3 nitrogen and oxygen atoms in total. The number of hydrogen-bond donors (Lipinski definition) is 1. The molecule has 96 valence electrons. The summed E-state index contributed by atoms with van der Waals surface area (Å²) in [4.78, 5) is 10.8. The molecule has 1 unspecified atom stereocenters. The van der Waals surface area contributed by atoms with E-state index in [9.17, 15) is 4.79 Å². The van der Waals surface area contributed by atoms with Crippen LogP contribution in [0.3, 0.4) is 0 Å². The fourth-order valence-corrected chi connectivity index (χ4v) is 4.07. The van der Waals surface area contributed by atoms with Crippen molar-refractivity contribution in [1.82, 2.24) is 10.4 Å². The topological polar surface area (TPSA) is 32.3 Å². The molecule has 0 aromatic heterocycles. The quantitative estimate of drug-likeness (QED) is 0.653. The van der Waals surface area contributed by atoms with Crippen LogP contribution < -0.4 is 5.43 Å². The van der Waals surface area contributed by atoms with E-state index >= 15 is 0 Å². The first-order valence-electron chi connectivity index (χ1n) is 6.51. The third-order valence-electron chi connectivity index (χ3n) is 4.20. The average Bonchev–Trinajstić information content (AvgIpc) is 2.72. The monoisotopic (exact) mass is 356 g/mol. The molecule has 0 spiro atoms. The van der Waals surface area contributed by atoms with Gasteiger partial charge in [0.15, 0.2) is 0 Å². The Bertz CT molecular complexity index is 455. The maximum atomic E-state index is 10.8. The third-order valence-corrected chi connectivity index (χ3v) is 5.14. The normalized spacial score (nSPS) is 31.1. The molecule has 18 heavy (non-hydrogen) atoms. The molecule has 0 amide bonds. The molecule has 3 heterocycles. The van der Waals surface area contributed by atoms with Crippen LogP contribution in [0.25, 0.3) is 0 Å². The van der Waals surface area contributed by atoms with E-state index in [4.69, 9.17) is 0 Å². The second kappa shape index (κ2) is 5.27. The van der Waals surface area contributed by atoms with Crippen LogP contribution in [0.5, 0.6) is 0 Å². The van der Waals surface area contributed by atoms with E-state index in [1.807, 2.05) is 12.1 Å². The molecule has 0 aliphatic carbocycles. The van der Waals surface area contributed by atoms with Crippen molar-refractivity contribution >= 4 is 28.9 Å². The van der Waals surface area contributed by atoms with Crippen LogP contribution in [0.2, 0.25) is 0 Å². The fraction of sp³-hybridized carbons (Fsp3) is 0.500. The number of hydrazine groups is 1. The molecule has 1 aromatic carbocycles. The fourth-order valence-electron chi connectivity index (χ4n) is 3.14. The Morgan fingerprint density at radius 2 is 2.11 bits per heavy atom. The summed E-state index contributed by atoms with van der Waals surface area (Å²) < 4.78 is 1.23. The Balaban J connectivity index is 1.91. The van der Waals surface area contributed by atoms with Gasteiger partial charge in [0, 0.05) is 34.7 Å². The predicted molar refractivity (Wildman–Crippen MR) is 79.6 cm³/mol. The van der Waals surface area contributed by atoms with Gasteiger partial charge in [-0.3, -0.25) is 10.2 Å². The van der Waals surface area contributed by atoms with Gasteiger partial charge in [0.2, 0.25) is 0 Å². The molecule has 1 N–H and O–H groups in total. The van der Waals surface area contributed by atoms with Gasteiger partial charge in [-0.1, -0.05) is 12.1 Å². The number of rotatable bonds is 2. The van der Waals surface area contributed by atoms with Crippen LogP contribution in [0.4, 0.5) is 0 Å². The molecule has 3 aliphatic heterocycles. The van der Waals surface area contributed by atoms with Gasteiger partial charge in [0.25, 0.3) is 0 Å². The van der Waals surface area contributed by atoms with Crippen molar-refractivity contribution in [2.24, 2.45) is 5.92 Å². The van der Waals surface area contributed by atoms with Gasteiger partial charge >= 0.3 is 0 Å². The molecule has 1 aromatic rings. The minimum absolute atomic E-state index is 0.588. The lowest BCUT2D eigenvalue weighted by molar-refractivity contribution is 0.112. The van der Waals surface area contributed by atoms with Crippen molar-refractivity contribution in [1.29, 1.82) is 0 Å². The summed E-state index contributed by atoms with van der Waals surface area (Å²) in [6.07, 6.45) is 3.49. The van der Waals surface area contributed by atoms with Gasteiger partial charge in [-0.2, -0.15) is 0 Å². The first kappa shape index (κ1) is 12.6. The summed E-state index contributed by atoms with van der Waals surface area (Å²) in [7, 11) is 0. The SMILES string of the molecule is O=Cc1ccc(C2CNN3CCC2CC3)c(I)c1. The lowest BCUT2D eigenvalue weighted by atomic mass is 9.81. The number of benzene rings is 1. The van der Waals surface area contributed by atoms with Crippen molar-refractivity contribution in [3.8, 4) is 0 Å². The van der Waals surface area contributed by atoms with Crippen LogP contribution in [0.15, 0.2) is 18.2 Å². The molecule has 3 aliphatic rings. The first-order valence-corrected chi connectivity index (χ1v) is 7.59. The van der Waals surface area contributed by atoms with Gasteiger partial charge in [0.05, 0.1) is 0 Å². The van der Waals surface area contributed by atoms with Crippen molar-refractivity contribution in [3.63, 3.8) is 0 Å². The minimum atomic E-state index is 0.588. The van der Waals surface area contributed by atoms with Crippen LogP contribution in [-0.4, -0.2) is 30.9 Å². The summed E-state index contributed by atoms with van der Waals surface area (Å²) in [5, 5.41) is 2.35. The maximum Gasteiger partial charge on any atom is 0.150 e. The number of nitrogens with one attached hydrogen (secondary N) is 1. The number of nitrogens with zero attached hydrogens (tertiary/aromatic N) is 1. The van der Waals surface area contributed by atoms with Crippen molar-refractivity contribution < 1.29 is 4.79 Å². The number of carbonyl (C=O) groups is 1. The van der Waals surface area contributed by atoms with E-state index in [0.717, 1.165) is 24.3 Å². The number of halogens is 1. The van der Waals surface area contributed by atoms with Gasteiger partial charge in [0.1, 0.15) is 6.29 Å². The Labute approximate surface area is 121 Å². The van der Waals surface area contributed by atoms with Crippen LogP contribution in [0, 0.1) is 9.49 Å². The second-order valence-electron chi connectivity index (χ2n) is 5.19. The number of hydrogen-bond acceptors (Lipinski definition) is 3. The van der Waals surface area contributed by atoms with Crippen molar-refractivity contribution in [2.75, 3.05) is 19.6 Å². The Kier molecular flexibility index (Phi) is 3.68. The smallest absolute Gasteiger partial charge is 0.150 e. The highest BCUT2D eigenvalue weighted by Gasteiger charge is 2.32. The van der Waals surface area contributed by atoms with Crippen molar-refractivity contribution in [3.05, 3.63) is 32.9 Å². The number of fused-ring (bicyclic) bond motifs is 4. The molecule has 3 fully saturated rings. The molecule has 2 bridgehead atoms. The van der Waals surface area contributed by atoms with E-state index in [2.05, 4.69) is 39.1 Å². The van der Waals surface area contributed by atoms with E-state index in [1.54, 1.807) is 0 Å². The second-order valence-corrected chi connectivity index (χ2v) is 6.35. The minimum Gasteiger partial charge on any atom is -0.298 e. The molecule has 4 heteroatoms. The zero-order valence-electron chi connectivity index (χ0n) is 10.2. The third kappa shape index (κ3) is 2.33. The highest BCUT2D eigenvalue weighted by molar-refractivity contribution is 14.1. The van der Waals surface area contributed by atoms with Crippen molar-refractivity contribution in [2.45, 2.75) is 18.8 Å². The summed E-state index contributed by atoms with van der Waals surface area (Å²) in [6.45, 7) is 3.37. The Morgan fingerprint density at radius 1 is 1.33 bits per heavy atom. The van der Waals surface area contributed by atoms with E-state index < -0.39 is 0 Å². The van der Waals surface area contributed by atoms with Gasteiger partial charge in [-0.15, -0.1) is 0 Å². The zero-order valence-corrected chi connectivity index (χ0v) is 12.4. The van der Waals surface area contributed by atoms with Gasteiger partial charge in [-0.25, -0.2) is 5.01 Å². The number of piperidine rings is 1. The Hall–Kier alpha value is -0.460. The summed E-state index contributed by atoms with van der Waals surface area (Å²) in [5.41, 5.74) is 5.72. The number of carbonyl (C=O) groups excluding carboxylic acids is 1. The molecule has 3 saturated heterocycles. The van der Waals surface area contributed by atoms with E-state index in [0.29, 0.717) is 5.92 Å². The standard InChI is InChI=1S/C14H17IN2O/c15-14-7-10(9-18)1-2-12(14)13-8-16-17-5-3-11(13)4-6-17/h1-2,7,9,11,13,16H,3-6,8H2. The van der Waals surface area contributed by atoms with Gasteiger partial charge < -0.3 is 0 Å². The lowest BCUT2D eigenvalue weighted by Crippen LogP contribution is -2.39. The lowest BCUT2D eigenvalue weighted by Gasteiger charge is -2.28. The molecule has 0 saturated carbocycles. The molecule has 4 rings (SSSR count). The predicted octanol–water partition coefficient (Wildman–Crippen LogP) is 2.42. The molecular formula is C14H17IN2O. The maximum absolute atomic E-state index is 10.8. The zero-order chi connectivity index (χ0) is 12.5. The average molecular weight is 356 g/mol.